The van der Waals surface area contributed by atoms with Crippen LogP contribution in [0.15, 0.2) is 5.38 Å². The van der Waals surface area contributed by atoms with Gasteiger partial charge in [-0.15, -0.1) is 22.7 Å². The molecule has 2 amide bonds. The van der Waals surface area contributed by atoms with Gasteiger partial charge in [-0.2, -0.15) is 0 Å². The third-order valence-corrected chi connectivity index (χ3v) is 6.80. The fraction of sp³-hybridized carbons (Fsp3) is 0.476. The minimum Gasteiger partial charge on any atom is -0.462 e. The first kappa shape index (κ1) is 23.9. The summed E-state index contributed by atoms with van der Waals surface area (Å²) in [4.78, 5) is 53.8. The molecular formula is C21H25N3O6S2. The third kappa shape index (κ3) is 5.52. The molecule has 0 aromatic carbocycles. The molecule has 2 aromatic rings. The van der Waals surface area contributed by atoms with E-state index in [0.29, 0.717) is 16.5 Å². The summed E-state index contributed by atoms with van der Waals surface area (Å²) in [5, 5.41) is 7.33. The van der Waals surface area contributed by atoms with E-state index in [2.05, 4.69) is 22.5 Å². The zero-order valence-electron chi connectivity index (χ0n) is 18.3. The smallest absolute Gasteiger partial charge is 0.358 e. The van der Waals surface area contributed by atoms with Gasteiger partial charge in [-0.05, 0) is 44.6 Å². The molecule has 9 nitrogen and oxygen atoms in total. The molecule has 2 heterocycles. The van der Waals surface area contributed by atoms with E-state index in [0.717, 1.165) is 41.0 Å². The largest absolute Gasteiger partial charge is 0.462 e. The quantitative estimate of drug-likeness (QED) is 0.581. The molecule has 0 radical (unpaired) electrons. The molecule has 2 atom stereocenters. The number of thiophene rings is 1. The van der Waals surface area contributed by atoms with Crippen molar-refractivity contribution in [1.29, 1.82) is 0 Å². The number of ether oxygens (including phenoxy) is 2. The minimum absolute atomic E-state index is 0.00816. The van der Waals surface area contributed by atoms with Crippen molar-refractivity contribution >= 4 is 56.6 Å². The van der Waals surface area contributed by atoms with Gasteiger partial charge in [-0.3, -0.25) is 9.59 Å². The summed E-state index contributed by atoms with van der Waals surface area (Å²) in [6.07, 6.45) is 1.43. The van der Waals surface area contributed by atoms with Crippen molar-refractivity contribution in [1.82, 2.24) is 4.98 Å². The van der Waals surface area contributed by atoms with Crippen molar-refractivity contribution in [3.8, 4) is 0 Å². The zero-order chi connectivity index (χ0) is 23.4. The van der Waals surface area contributed by atoms with Gasteiger partial charge in [0.1, 0.15) is 5.00 Å². The van der Waals surface area contributed by atoms with Crippen LogP contribution in [0.3, 0.4) is 0 Å². The van der Waals surface area contributed by atoms with Crippen molar-refractivity contribution in [2.45, 2.75) is 53.1 Å². The lowest BCUT2D eigenvalue weighted by molar-refractivity contribution is -0.123. The number of carbonyl (C=O) groups is 4. The fourth-order valence-corrected chi connectivity index (χ4v) is 5.45. The Morgan fingerprint density at radius 1 is 1.25 bits per heavy atom. The summed E-state index contributed by atoms with van der Waals surface area (Å²) in [6.45, 7) is 6.89. The van der Waals surface area contributed by atoms with Crippen LogP contribution < -0.4 is 10.6 Å². The molecule has 2 unspecified atom stereocenters. The SMILES string of the molecule is CCOC(=O)c1c(NC(=O)C(C)OC(=O)c2csc(NC(C)=O)n2)sc2c1CCC(C)C2. The zero-order valence-corrected chi connectivity index (χ0v) is 19.9. The molecule has 0 saturated carbocycles. The van der Waals surface area contributed by atoms with Crippen LogP contribution in [0.5, 0.6) is 0 Å². The lowest BCUT2D eigenvalue weighted by atomic mass is 9.88. The molecule has 0 fully saturated rings. The van der Waals surface area contributed by atoms with E-state index in [1.807, 2.05) is 0 Å². The molecule has 1 aliphatic rings. The topological polar surface area (TPSA) is 124 Å². The van der Waals surface area contributed by atoms with Crippen LogP contribution in [0.2, 0.25) is 0 Å². The highest BCUT2D eigenvalue weighted by atomic mass is 32.1. The maximum absolute atomic E-state index is 12.7. The number of hydrogen-bond acceptors (Lipinski definition) is 9. The molecule has 0 bridgehead atoms. The van der Waals surface area contributed by atoms with Crippen LogP contribution in [0, 0.1) is 5.92 Å². The number of esters is 2. The highest BCUT2D eigenvalue weighted by Gasteiger charge is 2.30. The molecule has 172 valence electrons. The highest BCUT2D eigenvalue weighted by molar-refractivity contribution is 7.17. The summed E-state index contributed by atoms with van der Waals surface area (Å²) >= 11 is 2.44. The number of nitrogens with one attached hydrogen (secondary N) is 2. The monoisotopic (exact) mass is 479 g/mol. The number of hydrogen-bond donors (Lipinski definition) is 2. The first-order chi connectivity index (χ1) is 15.2. The Kier molecular flexibility index (Phi) is 7.62. The number of thiazole rings is 1. The van der Waals surface area contributed by atoms with E-state index in [4.69, 9.17) is 9.47 Å². The van der Waals surface area contributed by atoms with Gasteiger partial charge in [0.25, 0.3) is 5.91 Å². The number of nitrogens with zero attached hydrogens (tertiary/aromatic N) is 1. The average molecular weight is 480 g/mol. The van der Waals surface area contributed by atoms with Gasteiger partial charge < -0.3 is 20.1 Å². The fourth-order valence-electron chi connectivity index (χ4n) is 3.32. The first-order valence-corrected chi connectivity index (χ1v) is 12.0. The predicted octanol–water partition coefficient (Wildman–Crippen LogP) is 3.65. The Morgan fingerprint density at radius 3 is 2.69 bits per heavy atom. The highest BCUT2D eigenvalue weighted by Crippen LogP contribution is 2.40. The molecule has 0 spiro atoms. The van der Waals surface area contributed by atoms with E-state index in [1.165, 1.54) is 30.6 Å². The summed E-state index contributed by atoms with van der Waals surface area (Å²) in [6, 6.07) is 0. The normalized spacial score (nSPS) is 15.9. The number of carbonyl (C=O) groups excluding carboxylic acids is 4. The summed E-state index contributed by atoms with van der Waals surface area (Å²) in [5.41, 5.74) is 1.32. The maximum atomic E-state index is 12.7. The van der Waals surface area contributed by atoms with Crippen molar-refractivity contribution in [2.75, 3.05) is 17.2 Å². The molecule has 3 rings (SSSR count). The second-order valence-corrected chi connectivity index (χ2v) is 9.50. The van der Waals surface area contributed by atoms with Crippen molar-refractivity contribution in [2.24, 2.45) is 5.92 Å². The summed E-state index contributed by atoms with van der Waals surface area (Å²) < 4.78 is 10.4. The van der Waals surface area contributed by atoms with Gasteiger partial charge in [0.2, 0.25) is 5.91 Å². The average Bonchev–Trinajstić information content (AvgIpc) is 3.31. The van der Waals surface area contributed by atoms with Crippen molar-refractivity contribution in [3.63, 3.8) is 0 Å². The van der Waals surface area contributed by atoms with E-state index >= 15 is 0 Å². The number of rotatable bonds is 7. The Morgan fingerprint density at radius 2 is 2.00 bits per heavy atom. The molecule has 11 heteroatoms. The van der Waals surface area contributed by atoms with Crippen LogP contribution in [-0.2, 0) is 31.9 Å². The molecule has 0 aliphatic heterocycles. The Bertz CT molecular complexity index is 1040. The molecule has 32 heavy (non-hydrogen) atoms. The number of anilines is 2. The first-order valence-electron chi connectivity index (χ1n) is 10.3. The molecule has 2 aromatic heterocycles. The van der Waals surface area contributed by atoms with E-state index in [-0.39, 0.29) is 23.3 Å². The van der Waals surface area contributed by atoms with Crippen molar-refractivity contribution in [3.05, 3.63) is 27.1 Å². The Labute approximate surface area is 193 Å². The second-order valence-electron chi connectivity index (χ2n) is 7.53. The maximum Gasteiger partial charge on any atom is 0.358 e. The van der Waals surface area contributed by atoms with E-state index in [9.17, 15) is 19.2 Å². The second kappa shape index (κ2) is 10.2. The Balaban J connectivity index is 1.72. The number of fused-ring (bicyclic) bond motifs is 1. The van der Waals surface area contributed by atoms with E-state index in [1.54, 1.807) is 6.92 Å². The molecule has 2 N–H and O–H groups in total. The van der Waals surface area contributed by atoms with Crippen LogP contribution in [0.1, 0.15) is 65.4 Å². The Hall–Kier alpha value is -2.79. The van der Waals surface area contributed by atoms with Crippen LogP contribution in [0.25, 0.3) is 0 Å². The number of aromatic nitrogens is 1. The molecular weight excluding hydrogens is 454 g/mol. The predicted molar refractivity (Wildman–Crippen MR) is 121 cm³/mol. The third-order valence-electron chi connectivity index (χ3n) is 4.88. The van der Waals surface area contributed by atoms with Gasteiger partial charge >= 0.3 is 11.9 Å². The standard InChI is InChI=1S/C21H25N3O6S2/c1-5-29-20(28)16-13-7-6-10(2)8-15(13)32-18(16)24-17(26)11(3)30-19(27)14-9-31-21(23-14)22-12(4)25/h9-11H,5-8H2,1-4H3,(H,24,26)(H,22,23,25). The van der Waals surface area contributed by atoms with Crippen LogP contribution in [-0.4, -0.2) is 41.4 Å². The minimum atomic E-state index is -1.12. The van der Waals surface area contributed by atoms with E-state index < -0.39 is 23.9 Å². The van der Waals surface area contributed by atoms with Gasteiger partial charge in [0, 0.05) is 17.2 Å². The molecule has 0 saturated heterocycles. The van der Waals surface area contributed by atoms with Crippen LogP contribution >= 0.6 is 22.7 Å². The van der Waals surface area contributed by atoms with Gasteiger partial charge in [0.05, 0.1) is 12.2 Å². The number of amides is 2. The lowest BCUT2D eigenvalue weighted by Gasteiger charge is -2.18. The lowest BCUT2D eigenvalue weighted by Crippen LogP contribution is -2.30. The van der Waals surface area contributed by atoms with Crippen LogP contribution in [0.4, 0.5) is 10.1 Å². The van der Waals surface area contributed by atoms with Gasteiger partial charge in [-0.25, -0.2) is 14.6 Å². The summed E-state index contributed by atoms with van der Waals surface area (Å²) in [7, 11) is 0. The van der Waals surface area contributed by atoms with Gasteiger partial charge in [0.15, 0.2) is 16.9 Å². The molecule has 1 aliphatic carbocycles. The van der Waals surface area contributed by atoms with Gasteiger partial charge in [-0.1, -0.05) is 6.92 Å². The summed E-state index contributed by atoms with van der Waals surface area (Å²) in [5.74, 6) is -1.62. The van der Waals surface area contributed by atoms with Crippen molar-refractivity contribution < 1.29 is 28.7 Å².